The zero-order valence-electron chi connectivity index (χ0n) is 5.97. The highest BCUT2D eigenvalue weighted by Crippen LogP contribution is 2.32. The van der Waals surface area contributed by atoms with Gasteiger partial charge >= 0.3 is 0 Å². The van der Waals surface area contributed by atoms with Gasteiger partial charge in [0.05, 0.1) is 6.04 Å². The minimum Gasteiger partial charge on any atom is -0.332 e. The lowest BCUT2D eigenvalue weighted by atomic mass is 9.87. The van der Waals surface area contributed by atoms with Gasteiger partial charge in [0.15, 0.2) is 0 Å². The first kappa shape index (κ1) is 5.96. The van der Waals surface area contributed by atoms with Crippen molar-refractivity contribution in [2.75, 3.05) is 6.54 Å². The summed E-state index contributed by atoms with van der Waals surface area (Å²) < 4.78 is 0. The normalized spacial score (nSPS) is 31.6. The highest BCUT2D eigenvalue weighted by molar-refractivity contribution is 6.01. The minimum absolute atomic E-state index is 0.185. The molecule has 2 heterocycles. The zero-order chi connectivity index (χ0) is 7.14. The van der Waals surface area contributed by atoms with Crippen molar-refractivity contribution in [2.45, 2.75) is 25.3 Å². The molecule has 0 spiro atoms. The molecule has 1 atom stereocenters. The summed E-state index contributed by atoms with van der Waals surface area (Å²) in [5.41, 5.74) is 0.833. The van der Waals surface area contributed by atoms with Crippen molar-refractivity contribution in [1.29, 1.82) is 0 Å². The quantitative estimate of drug-likeness (QED) is 0.359. The molecule has 0 saturated carbocycles. The number of rotatable bonds is 0. The fraction of sp³-hybridized carbons (Fsp3) is 0.625. The summed E-state index contributed by atoms with van der Waals surface area (Å²) in [7, 11) is 0. The van der Waals surface area contributed by atoms with E-state index >= 15 is 0 Å². The molecule has 0 bridgehead atoms. The Labute approximate surface area is 60.5 Å². The monoisotopic (exact) mass is 137 g/mol. The first-order valence-corrected chi connectivity index (χ1v) is 3.80. The molecule has 2 aliphatic heterocycles. The van der Waals surface area contributed by atoms with Gasteiger partial charge in [0, 0.05) is 12.1 Å². The molecule has 0 aromatic rings. The zero-order valence-corrected chi connectivity index (χ0v) is 5.97. The largest absolute Gasteiger partial charge is 0.332 e. The van der Waals surface area contributed by atoms with E-state index in [2.05, 4.69) is 6.58 Å². The van der Waals surface area contributed by atoms with Crippen LogP contribution in [-0.2, 0) is 4.79 Å². The Kier molecular flexibility index (Phi) is 1.10. The van der Waals surface area contributed by atoms with Gasteiger partial charge in [0.2, 0.25) is 0 Å². The van der Waals surface area contributed by atoms with E-state index in [0.717, 1.165) is 18.5 Å². The predicted octanol–water partition coefficient (Wildman–Crippen LogP) is 0.937. The third-order valence-electron chi connectivity index (χ3n) is 2.44. The fourth-order valence-electron chi connectivity index (χ4n) is 1.80. The van der Waals surface area contributed by atoms with Crippen LogP contribution >= 0.6 is 0 Å². The molecule has 0 aromatic carbocycles. The second kappa shape index (κ2) is 1.84. The molecular formula is C8H11NO. The third kappa shape index (κ3) is 0.564. The molecule has 10 heavy (non-hydrogen) atoms. The van der Waals surface area contributed by atoms with Gasteiger partial charge in [0.25, 0.3) is 5.91 Å². The van der Waals surface area contributed by atoms with Crippen molar-refractivity contribution < 1.29 is 4.79 Å². The number of amides is 1. The van der Waals surface area contributed by atoms with Crippen LogP contribution in [0.15, 0.2) is 12.2 Å². The van der Waals surface area contributed by atoms with E-state index in [9.17, 15) is 4.79 Å². The Bertz CT molecular complexity index is 175. The number of β-lactam (4-membered cyclic amide) rings is 1. The van der Waals surface area contributed by atoms with Crippen LogP contribution in [-0.4, -0.2) is 23.4 Å². The van der Waals surface area contributed by atoms with Gasteiger partial charge in [-0.25, -0.2) is 0 Å². The van der Waals surface area contributed by atoms with E-state index in [4.69, 9.17) is 0 Å². The van der Waals surface area contributed by atoms with E-state index in [-0.39, 0.29) is 5.91 Å². The highest BCUT2D eigenvalue weighted by Gasteiger charge is 2.41. The van der Waals surface area contributed by atoms with Crippen molar-refractivity contribution in [2.24, 2.45) is 0 Å². The van der Waals surface area contributed by atoms with E-state index < -0.39 is 0 Å². The van der Waals surface area contributed by atoms with Gasteiger partial charge in [-0.2, -0.15) is 0 Å². The van der Waals surface area contributed by atoms with Gasteiger partial charge < -0.3 is 4.90 Å². The summed E-state index contributed by atoms with van der Waals surface area (Å²) in [6.07, 6.45) is 3.58. The third-order valence-corrected chi connectivity index (χ3v) is 2.44. The molecule has 0 aliphatic carbocycles. The smallest absolute Gasteiger partial charge is 0.251 e. The van der Waals surface area contributed by atoms with Crippen molar-refractivity contribution in [1.82, 2.24) is 4.90 Å². The molecule has 0 N–H and O–H groups in total. The lowest BCUT2D eigenvalue weighted by Crippen LogP contribution is -2.56. The summed E-state index contributed by atoms with van der Waals surface area (Å²) in [5.74, 6) is 0.185. The molecule has 2 saturated heterocycles. The van der Waals surface area contributed by atoms with Crippen LogP contribution in [0.5, 0.6) is 0 Å². The molecule has 2 fully saturated rings. The number of fused-ring (bicyclic) bond motifs is 1. The van der Waals surface area contributed by atoms with E-state index in [1.807, 2.05) is 4.90 Å². The first-order chi connectivity index (χ1) is 4.80. The van der Waals surface area contributed by atoms with Crippen LogP contribution in [0.2, 0.25) is 0 Å². The lowest BCUT2D eigenvalue weighted by Gasteiger charge is -2.45. The maximum absolute atomic E-state index is 11.0. The maximum atomic E-state index is 11.0. The Hall–Kier alpha value is -0.790. The van der Waals surface area contributed by atoms with Crippen LogP contribution in [0.3, 0.4) is 0 Å². The maximum Gasteiger partial charge on any atom is 0.251 e. The molecule has 54 valence electrons. The predicted molar refractivity (Wildman–Crippen MR) is 38.5 cm³/mol. The number of carbonyl (C=O) groups is 1. The fourth-order valence-corrected chi connectivity index (χ4v) is 1.80. The van der Waals surface area contributed by atoms with Gasteiger partial charge in [-0.05, 0) is 19.3 Å². The summed E-state index contributed by atoms with van der Waals surface area (Å²) in [5, 5.41) is 0. The van der Waals surface area contributed by atoms with Crippen LogP contribution < -0.4 is 0 Å². The van der Waals surface area contributed by atoms with E-state index in [0.29, 0.717) is 6.04 Å². The molecule has 2 rings (SSSR count). The van der Waals surface area contributed by atoms with E-state index in [1.54, 1.807) is 0 Å². The lowest BCUT2D eigenvalue weighted by molar-refractivity contribution is -0.138. The summed E-state index contributed by atoms with van der Waals surface area (Å²) in [6, 6.07) is 0.418. The van der Waals surface area contributed by atoms with Gasteiger partial charge in [-0.15, -0.1) is 0 Å². The van der Waals surface area contributed by atoms with Crippen LogP contribution in [0, 0.1) is 0 Å². The van der Waals surface area contributed by atoms with Crippen LogP contribution in [0.1, 0.15) is 19.3 Å². The number of hydrogen-bond acceptors (Lipinski definition) is 1. The molecule has 2 aliphatic rings. The van der Waals surface area contributed by atoms with Crippen molar-refractivity contribution in [3.63, 3.8) is 0 Å². The molecule has 1 unspecified atom stereocenters. The molecular weight excluding hydrogens is 126 g/mol. The topological polar surface area (TPSA) is 20.3 Å². The highest BCUT2D eigenvalue weighted by atomic mass is 16.2. The summed E-state index contributed by atoms with van der Waals surface area (Å²) >= 11 is 0. The standard InChI is InChI=1S/C8H11NO/c1-6-7-4-2-3-5-9(7)8(6)10/h7H,1-5H2. The number of hydrogen-bond donors (Lipinski definition) is 0. The van der Waals surface area contributed by atoms with Gasteiger partial charge in [0.1, 0.15) is 0 Å². The summed E-state index contributed by atoms with van der Waals surface area (Å²) in [6.45, 7) is 4.70. The number of piperidine rings is 1. The average molecular weight is 137 g/mol. The second-order valence-corrected chi connectivity index (χ2v) is 3.04. The average Bonchev–Trinajstić information content (AvgIpc) is 2.03. The van der Waals surface area contributed by atoms with Crippen LogP contribution in [0.4, 0.5) is 0 Å². The number of nitrogens with zero attached hydrogens (tertiary/aromatic N) is 1. The minimum atomic E-state index is 0.185. The second-order valence-electron chi connectivity index (χ2n) is 3.04. The Morgan fingerprint density at radius 2 is 2.30 bits per heavy atom. The van der Waals surface area contributed by atoms with Crippen LogP contribution in [0.25, 0.3) is 0 Å². The van der Waals surface area contributed by atoms with Gasteiger partial charge in [-0.1, -0.05) is 6.58 Å². The first-order valence-electron chi connectivity index (χ1n) is 3.80. The number of carbonyl (C=O) groups excluding carboxylic acids is 1. The molecule has 1 amide bonds. The Morgan fingerprint density at radius 3 is 3.00 bits per heavy atom. The Morgan fingerprint density at radius 1 is 1.50 bits per heavy atom. The Balaban J connectivity index is 2.13. The van der Waals surface area contributed by atoms with Crippen molar-refractivity contribution in [3.8, 4) is 0 Å². The SMILES string of the molecule is C=C1C(=O)N2CCCCC12. The molecule has 0 radical (unpaired) electrons. The molecule has 0 aromatic heterocycles. The molecule has 2 nitrogen and oxygen atoms in total. The van der Waals surface area contributed by atoms with Crippen molar-refractivity contribution >= 4 is 5.91 Å². The van der Waals surface area contributed by atoms with Gasteiger partial charge in [-0.3, -0.25) is 4.79 Å². The van der Waals surface area contributed by atoms with Crippen molar-refractivity contribution in [3.05, 3.63) is 12.2 Å². The molecule has 2 heteroatoms. The van der Waals surface area contributed by atoms with E-state index in [1.165, 1.54) is 12.8 Å². The summed E-state index contributed by atoms with van der Waals surface area (Å²) in [4.78, 5) is 13.0.